The summed E-state index contributed by atoms with van der Waals surface area (Å²) in [5, 5.41) is 14.0. The average molecular weight is 336 g/mol. The minimum Gasteiger partial charge on any atom is -0.478 e. The molecule has 2 aromatic rings. The van der Waals surface area contributed by atoms with Gasteiger partial charge < -0.3 is 5.11 Å². The van der Waals surface area contributed by atoms with Crippen molar-refractivity contribution in [2.75, 3.05) is 5.43 Å². The maximum absolute atomic E-state index is 12.0. The van der Waals surface area contributed by atoms with Crippen molar-refractivity contribution in [1.29, 1.82) is 0 Å². The van der Waals surface area contributed by atoms with E-state index in [2.05, 4.69) is 15.8 Å². The molecule has 0 unspecified atom stereocenters. The fourth-order valence-corrected chi connectivity index (χ4v) is 2.19. The quantitative estimate of drug-likeness (QED) is 0.568. The van der Waals surface area contributed by atoms with E-state index in [1.807, 2.05) is 0 Å². The molecule has 9 nitrogen and oxygen atoms in total. The van der Waals surface area contributed by atoms with Gasteiger partial charge in [0.25, 0.3) is 5.91 Å². The number of nitrogens with two attached hydrogens (primary N) is 1. The molecule has 0 radical (unpaired) electrons. The molecule has 1 aromatic heterocycles. The number of anilines is 1. The van der Waals surface area contributed by atoms with Gasteiger partial charge in [0.15, 0.2) is 0 Å². The van der Waals surface area contributed by atoms with Crippen LogP contribution >= 0.6 is 0 Å². The van der Waals surface area contributed by atoms with E-state index >= 15 is 0 Å². The van der Waals surface area contributed by atoms with Gasteiger partial charge in [-0.3, -0.25) is 20.6 Å². The van der Waals surface area contributed by atoms with Gasteiger partial charge in [-0.25, -0.2) is 18.4 Å². The molecule has 120 valence electrons. The highest BCUT2D eigenvalue weighted by Gasteiger charge is 2.17. The lowest BCUT2D eigenvalue weighted by Gasteiger charge is -2.09. The second kappa shape index (κ2) is 6.42. The van der Waals surface area contributed by atoms with E-state index in [9.17, 15) is 18.0 Å². The monoisotopic (exact) mass is 336 g/mol. The lowest BCUT2D eigenvalue weighted by Crippen LogP contribution is -2.31. The molecule has 5 N–H and O–H groups in total. The molecule has 1 aromatic carbocycles. The molecule has 0 aliphatic heterocycles. The maximum Gasteiger partial charge on any atom is 0.338 e. The van der Waals surface area contributed by atoms with E-state index < -0.39 is 21.9 Å². The lowest BCUT2D eigenvalue weighted by atomic mass is 10.2. The Balaban J connectivity index is 2.09. The number of aromatic nitrogens is 1. The number of aromatic carboxylic acids is 1. The van der Waals surface area contributed by atoms with Crippen LogP contribution in [-0.2, 0) is 10.0 Å². The fraction of sp³-hybridized carbons (Fsp3) is 0. The first-order valence-electron chi connectivity index (χ1n) is 6.16. The first kappa shape index (κ1) is 16.4. The van der Waals surface area contributed by atoms with Crippen LogP contribution in [0, 0.1) is 0 Å². The van der Waals surface area contributed by atoms with E-state index in [1.54, 1.807) is 0 Å². The number of hydrogen-bond acceptors (Lipinski definition) is 6. The summed E-state index contributed by atoms with van der Waals surface area (Å²) in [4.78, 5) is 26.6. The summed E-state index contributed by atoms with van der Waals surface area (Å²) in [6.07, 6.45) is 1.29. The number of rotatable bonds is 5. The molecular formula is C13H12N4O5S. The molecule has 2 rings (SSSR count). The van der Waals surface area contributed by atoms with Gasteiger partial charge in [-0.05, 0) is 36.4 Å². The van der Waals surface area contributed by atoms with Gasteiger partial charge in [-0.15, -0.1) is 0 Å². The Morgan fingerprint density at radius 1 is 1.13 bits per heavy atom. The smallest absolute Gasteiger partial charge is 0.338 e. The summed E-state index contributed by atoms with van der Waals surface area (Å²) in [5.74, 6) is -2.03. The summed E-state index contributed by atoms with van der Waals surface area (Å²) in [6, 6.07) is 7.94. The van der Waals surface area contributed by atoms with Crippen molar-refractivity contribution in [3.63, 3.8) is 0 Å². The molecule has 0 aliphatic carbocycles. The van der Waals surface area contributed by atoms with Crippen LogP contribution < -0.4 is 16.0 Å². The molecule has 0 atom stereocenters. The third kappa shape index (κ3) is 4.02. The molecule has 10 heteroatoms. The number of primary sulfonamides is 1. The zero-order valence-electron chi connectivity index (χ0n) is 11.6. The predicted molar refractivity (Wildman–Crippen MR) is 80.1 cm³/mol. The Morgan fingerprint density at radius 2 is 1.78 bits per heavy atom. The molecular weight excluding hydrogens is 324 g/mol. The highest BCUT2D eigenvalue weighted by molar-refractivity contribution is 7.89. The Labute approximate surface area is 131 Å². The molecule has 0 bridgehead atoms. The maximum atomic E-state index is 12.0. The summed E-state index contributed by atoms with van der Waals surface area (Å²) in [5.41, 5.74) is 4.67. The third-order valence-electron chi connectivity index (χ3n) is 2.76. The van der Waals surface area contributed by atoms with Gasteiger partial charge in [0.1, 0.15) is 5.69 Å². The molecule has 0 saturated carbocycles. The van der Waals surface area contributed by atoms with Crippen molar-refractivity contribution in [1.82, 2.24) is 10.4 Å². The number of sulfonamides is 1. The Bertz CT molecular complexity index is 849. The summed E-state index contributed by atoms with van der Waals surface area (Å²) < 4.78 is 22.2. The van der Waals surface area contributed by atoms with Crippen LogP contribution in [0.25, 0.3) is 0 Å². The highest BCUT2D eigenvalue weighted by atomic mass is 32.2. The predicted octanol–water partition coefficient (Wildman–Crippen LogP) is 0.184. The Kier molecular flexibility index (Phi) is 4.57. The second-order valence-electron chi connectivity index (χ2n) is 4.35. The molecule has 1 heterocycles. The molecule has 0 spiro atoms. The number of amides is 1. The first-order valence-corrected chi connectivity index (χ1v) is 7.71. The molecule has 23 heavy (non-hydrogen) atoms. The SMILES string of the molecule is NS(=O)(=O)c1ccc(NNC(=O)c2ncccc2C(=O)O)cc1. The minimum atomic E-state index is -3.80. The van der Waals surface area contributed by atoms with Crippen LogP contribution in [-0.4, -0.2) is 30.4 Å². The number of nitrogens with zero attached hydrogens (tertiary/aromatic N) is 1. The Morgan fingerprint density at radius 3 is 2.35 bits per heavy atom. The normalized spacial score (nSPS) is 10.8. The second-order valence-corrected chi connectivity index (χ2v) is 5.91. The van der Waals surface area contributed by atoms with Crippen molar-refractivity contribution in [2.24, 2.45) is 5.14 Å². The summed E-state index contributed by atoms with van der Waals surface area (Å²) in [7, 11) is -3.80. The number of hydrazine groups is 1. The van der Waals surface area contributed by atoms with Crippen LogP contribution in [0.4, 0.5) is 5.69 Å². The standard InChI is InChI=1S/C13H12N4O5S/c14-23(21,22)9-5-3-8(4-6-9)16-17-12(18)11-10(13(19)20)2-1-7-15-11/h1-7,16H,(H,17,18)(H,19,20)(H2,14,21,22). The number of nitrogens with one attached hydrogen (secondary N) is 2. The number of pyridine rings is 1. The summed E-state index contributed by atoms with van der Waals surface area (Å²) >= 11 is 0. The van der Waals surface area contributed by atoms with Gasteiger partial charge in [-0.1, -0.05) is 0 Å². The fourth-order valence-electron chi connectivity index (χ4n) is 1.67. The van der Waals surface area contributed by atoms with Gasteiger partial charge in [0, 0.05) is 6.20 Å². The average Bonchev–Trinajstić information content (AvgIpc) is 2.52. The van der Waals surface area contributed by atoms with E-state index in [0.717, 1.165) is 0 Å². The topological polar surface area (TPSA) is 151 Å². The van der Waals surface area contributed by atoms with Crippen LogP contribution in [0.2, 0.25) is 0 Å². The number of hydrogen-bond donors (Lipinski definition) is 4. The van der Waals surface area contributed by atoms with Crippen molar-refractivity contribution in [3.05, 3.63) is 53.9 Å². The van der Waals surface area contributed by atoms with Gasteiger partial charge in [-0.2, -0.15) is 0 Å². The number of carbonyl (C=O) groups excluding carboxylic acids is 1. The summed E-state index contributed by atoms with van der Waals surface area (Å²) in [6.45, 7) is 0. The molecule has 0 fully saturated rings. The number of carboxylic acids is 1. The molecule has 1 amide bonds. The largest absolute Gasteiger partial charge is 0.478 e. The highest BCUT2D eigenvalue weighted by Crippen LogP contribution is 2.12. The van der Waals surface area contributed by atoms with Gasteiger partial charge >= 0.3 is 5.97 Å². The van der Waals surface area contributed by atoms with E-state index in [-0.39, 0.29) is 16.2 Å². The van der Waals surface area contributed by atoms with Crippen LogP contribution in [0.15, 0.2) is 47.5 Å². The van der Waals surface area contributed by atoms with Crippen molar-refractivity contribution in [2.45, 2.75) is 4.90 Å². The van der Waals surface area contributed by atoms with Crippen molar-refractivity contribution < 1.29 is 23.1 Å². The number of carboxylic acid groups (broad SMARTS) is 1. The van der Waals surface area contributed by atoms with Crippen molar-refractivity contribution in [3.8, 4) is 0 Å². The van der Waals surface area contributed by atoms with Gasteiger partial charge in [0.2, 0.25) is 10.0 Å². The van der Waals surface area contributed by atoms with Crippen molar-refractivity contribution >= 4 is 27.6 Å². The van der Waals surface area contributed by atoms with Crippen LogP contribution in [0.1, 0.15) is 20.8 Å². The molecule has 0 saturated heterocycles. The van der Waals surface area contributed by atoms with Gasteiger partial charge in [0.05, 0.1) is 16.1 Å². The van der Waals surface area contributed by atoms with Crippen LogP contribution in [0.5, 0.6) is 0 Å². The lowest BCUT2D eigenvalue weighted by molar-refractivity contribution is 0.0690. The third-order valence-corrected chi connectivity index (χ3v) is 3.69. The zero-order valence-corrected chi connectivity index (χ0v) is 12.4. The first-order chi connectivity index (χ1) is 10.8. The minimum absolute atomic E-state index is 0.0766. The number of carbonyl (C=O) groups is 2. The molecule has 0 aliphatic rings. The number of benzene rings is 1. The Hall–Kier alpha value is -2.98. The van der Waals surface area contributed by atoms with Crippen LogP contribution in [0.3, 0.4) is 0 Å². The van der Waals surface area contributed by atoms with E-state index in [4.69, 9.17) is 10.2 Å². The van der Waals surface area contributed by atoms with E-state index in [0.29, 0.717) is 5.69 Å². The van der Waals surface area contributed by atoms with E-state index in [1.165, 1.54) is 42.6 Å². The zero-order chi connectivity index (χ0) is 17.0.